The number of halogens is 3. The Morgan fingerprint density at radius 1 is 1.17 bits per heavy atom. The molecule has 0 aromatic carbocycles. The zero-order chi connectivity index (χ0) is 25.4. The Labute approximate surface area is 200 Å². The number of pyridine rings is 2. The first-order valence-electron chi connectivity index (χ1n) is 11.3. The van der Waals surface area contributed by atoms with Gasteiger partial charge < -0.3 is 19.9 Å². The van der Waals surface area contributed by atoms with E-state index in [0.29, 0.717) is 32.1 Å². The highest BCUT2D eigenvalue weighted by Crippen LogP contribution is 2.40. The number of hydrogen-bond donors (Lipinski definition) is 2. The van der Waals surface area contributed by atoms with Crippen LogP contribution in [0.5, 0.6) is 11.6 Å². The molecule has 1 atom stereocenters. The molecule has 1 saturated carbocycles. The number of hydrogen-bond acceptors (Lipinski definition) is 7. The smallest absolute Gasteiger partial charge is 0.422 e. The van der Waals surface area contributed by atoms with E-state index in [1.165, 1.54) is 25.3 Å². The van der Waals surface area contributed by atoms with Gasteiger partial charge in [0.05, 0.1) is 6.20 Å². The molecule has 11 heteroatoms. The molecule has 1 aliphatic rings. The Hall–Kier alpha value is -3.21. The van der Waals surface area contributed by atoms with E-state index in [1.54, 1.807) is 6.20 Å². The van der Waals surface area contributed by atoms with Crippen LogP contribution in [-0.2, 0) is 16.0 Å². The third-order valence-corrected chi connectivity index (χ3v) is 5.78. The summed E-state index contributed by atoms with van der Waals surface area (Å²) in [6.45, 7) is -0.372. The number of carbonyl (C=O) groups is 2. The molecule has 0 unspecified atom stereocenters. The maximum absolute atomic E-state index is 12.2. The second-order valence-corrected chi connectivity index (χ2v) is 8.50. The van der Waals surface area contributed by atoms with Gasteiger partial charge in [-0.3, -0.25) is 14.6 Å². The molecule has 2 aromatic heterocycles. The van der Waals surface area contributed by atoms with Crippen molar-refractivity contribution in [1.82, 2.24) is 15.3 Å². The van der Waals surface area contributed by atoms with E-state index in [4.69, 9.17) is 9.84 Å². The lowest BCUT2D eigenvalue weighted by atomic mass is 9.72. The van der Waals surface area contributed by atoms with Crippen molar-refractivity contribution in [3.05, 3.63) is 47.9 Å². The highest BCUT2D eigenvalue weighted by Gasteiger charge is 2.35. The first kappa shape index (κ1) is 26.4. The third-order valence-electron chi connectivity index (χ3n) is 5.78. The molecule has 2 aromatic rings. The average molecular weight is 495 g/mol. The van der Waals surface area contributed by atoms with Gasteiger partial charge in [-0.15, -0.1) is 0 Å². The molecule has 2 heterocycles. The first-order valence-corrected chi connectivity index (χ1v) is 11.3. The van der Waals surface area contributed by atoms with Crippen molar-refractivity contribution in [2.45, 2.75) is 57.2 Å². The number of aromatic nitrogens is 2. The van der Waals surface area contributed by atoms with Crippen molar-refractivity contribution in [3.8, 4) is 11.6 Å². The number of aryl methyl sites for hydroxylation is 1. The summed E-state index contributed by atoms with van der Waals surface area (Å²) >= 11 is 0. The van der Waals surface area contributed by atoms with E-state index in [0.717, 1.165) is 11.3 Å². The lowest BCUT2D eigenvalue weighted by Crippen LogP contribution is -2.38. The first-order chi connectivity index (χ1) is 16.6. The van der Waals surface area contributed by atoms with Crippen molar-refractivity contribution in [3.63, 3.8) is 0 Å². The molecule has 1 aliphatic carbocycles. The van der Waals surface area contributed by atoms with Gasteiger partial charge in [-0.2, -0.15) is 13.2 Å². The zero-order valence-electron chi connectivity index (χ0n) is 19.3. The maximum Gasteiger partial charge on any atom is 0.422 e. The number of ketones is 1. The van der Waals surface area contributed by atoms with Crippen molar-refractivity contribution in [2.75, 3.05) is 13.3 Å². The van der Waals surface area contributed by atoms with E-state index in [2.05, 4.69) is 20.0 Å². The van der Waals surface area contributed by atoms with Crippen LogP contribution >= 0.6 is 0 Å². The number of aliphatic hydroxyl groups is 1. The monoisotopic (exact) mass is 495 g/mol. The third kappa shape index (κ3) is 8.20. The second-order valence-electron chi connectivity index (χ2n) is 8.50. The summed E-state index contributed by atoms with van der Waals surface area (Å²) in [6, 6.07) is 6.61. The molecule has 0 saturated heterocycles. The SMILES string of the molecule is CC(=O)[C@@H](CCCc1ccc(C2CC(C(=O)NCO)C2)nc1)Oc1ccc(OCC(F)(F)F)nc1. The van der Waals surface area contributed by atoms with Crippen molar-refractivity contribution in [1.29, 1.82) is 0 Å². The predicted molar refractivity (Wildman–Crippen MR) is 119 cm³/mol. The molecule has 190 valence electrons. The lowest BCUT2D eigenvalue weighted by molar-refractivity contribution is -0.154. The minimum atomic E-state index is -4.45. The average Bonchev–Trinajstić information content (AvgIpc) is 2.77. The summed E-state index contributed by atoms with van der Waals surface area (Å²) in [5.74, 6) is -0.0773. The van der Waals surface area contributed by atoms with E-state index in [9.17, 15) is 22.8 Å². The second kappa shape index (κ2) is 12.0. The number of rotatable bonds is 12. The fourth-order valence-corrected chi connectivity index (χ4v) is 3.80. The Morgan fingerprint density at radius 2 is 1.94 bits per heavy atom. The van der Waals surface area contributed by atoms with Gasteiger partial charge in [-0.25, -0.2) is 4.98 Å². The van der Waals surface area contributed by atoms with Gasteiger partial charge in [0.2, 0.25) is 11.8 Å². The molecule has 0 aliphatic heterocycles. The standard InChI is InChI=1S/C24H28F3N3O5/c1-15(32)21(35-19-6-8-22(29-12-19)34-13-24(25,26)27)4-2-3-16-5-7-20(28-11-16)17-9-18(10-17)23(33)30-14-31/h5-8,11-12,17-18,21,31H,2-4,9-10,13-14H2,1H3,(H,30,33)/t17?,18?,21-/m1/s1. The molecular weight excluding hydrogens is 467 g/mol. The summed E-state index contributed by atoms with van der Waals surface area (Å²) < 4.78 is 46.9. The van der Waals surface area contributed by atoms with Crippen LogP contribution in [0.15, 0.2) is 36.7 Å². The van der Waals surface area contributed by atoms with Crippen molar-refractivity contribution < 1.29 is 37.3 Å². The van der Waals surface area contributed by atoms with Gasteiger partial charge in [0, 0.05) is 29.8 Å². The minimum absolute atomic E-state index is 0.0871. The highest BCUT2D eigenvalue weighted by atomic mass is 19.4. The largest absolute Gasteiger partial charge is 0.481 e. The molecule has 8 nitrogen and oxygen atoms in total. The van der Waals surface area contributed by atoms with E-state index >= 15 is 0 Å². The number of nitrogens with zero attached hydrogens (tertiary/aromatic N) is 2. The van der Waals surface area contributed by atoms with Crippen LogP contribution in [0.2, 0.25) is 0 Å². The molecule has 2 N–H and O–H groups in total. The fourth-order valence-electron chi connectivity index (χ4n) is 3.80. The Kier molecular flexibility index (Phi) is 9.02. The molecule has 35 heavy (non-hydrogen) atoms. The topological polar surface area (TPSA) is 111 Å². The quantitative estimate of drug-likeness (QED) is 0.435. The number of aliphatic hydroxyl groups excluding tert-OH is 1. The van der Waals surface area contributed by atoms with E-state index < -0.39 is 18.9 Å². The van der Waals surface area contributed by atoms with Gasteiger partial charge in [-0.1, -0.05) is 6.07 Å². The zero-order valence-corrected chi connectivity index (χ0v) is 19.3. The van der Waals surface area contributed by atoms with Gasteiger partial charge in [0.15, 0.2) is 18.5 Å². The summed E-state index contributed by atoms with van der Waals surface area (Å²) in [5, 5.41) is 11.2. The summed E-state index contributed by atoms with van der Waals surface area (Å²) in [7, 11) is 0. The number of amides is 1. The van der Waals surface area contributed by atoms with Crippen molar-refractivity contribution >= 4 is 11.7 Å². The van der Waals surface area contributed by atoms with Crippen LogP contribution in [0.1, 0.15) is 49.8 Å². The summed E-state index contributed by atoms with van der Waals surface area (Å²) in [5.41, 5.74) is 1.94. The maximum atomic E-state index is 12.2. The van der Waals surface area contributed by atoms with Gasteiger partial charge in [0.1, 0.15) is 12.5 Å². The summed E-state index contributed by atoms with van der Waals surface area (Å²) in [4.78, 5) is 32.0. The molecule has 1 amide bonds. The lowest BCUT2D eigenvalue weighted by Gasteiger charge is -2.33. The molecule has 0 radical (unpaired) electrons. The van der Waals surface area contributed by atoms with Gasteiger partial charge >= 0.3 is 6.18 Å². The number of nitrogens with one attached hydrogen (secondary N) is 1. The Bertz CT molecular complexity index is 977. The number of carbonyl (C=O) groups excluding carboxylic acids is 2. The van der Waals surface area contributed by atoms with E-state index in [-0.39, 0.29) is 41.9 Å². The molecule has 0 spiro atoms. The normalized spacial score (nSPS) is 18.3. The molecular formula is C24H28F3N3O5. The van der Waals surface area contributed by atoms with Crippen LogP contribution in [0, 0.1) is 5.92 Å². The van der Waals surface area contributed by atoms with Crippen LogP contribution < -0.4 is 14.8 Å². The highest BCUT2D eigenvalue weighted by molar-refractivity contribution is 5.80. The Morgan fingerprint density at radius 3 is 2.51 bits per heavy atom. The number of alkyl halides is 3. The van der Waals surface area contributed by atoms with Crippen LogP contribution in [0.3, 0.4) is 0 Å². The molecule has 0 bridgehead atoms. The number of ether oxygens (including phenoxy) is 2. The minimum Gasteiger partial charge on any atom is -0.481 e. The predicted octanol–water partition coefficient (Wildman–Crippen LogP) is 3.34. The number of Topliss-reactive ketones (excluding diaryl/α,β-unsaturated/α-hetero) is 1. The van der Waals surface area contributed by atoms with Gasteiger partial charge in [-0.05, 0) is 56.7 Å². The molecule has 1 fully saturated rings. The van der Waals surface area contributed by atoms with Crippen molar-refractivity contribution in [2.24, 2.45) is 5.92 Å². The van der Waals surface area contributed by atoms with E-state index in [1.807, 2.05) is 12.1 Å². The molecule has 3 rings (SSSR count). The van der Waals surface area contributed by atoms with Crippen LogP contribution in [0.4, 0.5) is 13.2 Å². The van der Waals surface area contributed by atoms with Gasteiger partial charge in [0.25, 0.3) is 0 Å². The van der Waals surface area contributed by atoms with Crippen LogP contribution in [-0.4, -0.2) is 52.4 Å². The fraction of sp³-hybridized carbons (Fsp3) is 0.500. The van der Waals surface area contributed by atoms with Crippen LogP contribution in [0.25, 0.3) is 0 Å². The Balaban J connectivity index is 1.43. The summed E-state index contributed by atoms with van der Waals surface area (Å²) in [6.07, 6.45) is 1.09.